The molecule has 0 amide bonds. The minimum atomic E-state index is -0.751. The molecule has 0 N–H and O–H groups in total. The molecule has 7 nitrogen and oxygen atoms in total. The average molecular weight is 735 g/mol. The Morgan fingerprint density at radius 3 is 2.35 bits per heavy atom. The second-order valence-corrected chi connectivity index (χ2v) is 17.9. The lowest BCUT2D eigenvalue weighted by Crippen LogP contribution is -2.38. The average Bonchev–Trinajstić information content (AvgIpc) is 3.53. The number of carbonyl (C=O) groups excluding carboxylic acids is 5. The van der Waals surface area contributed by atoms with Crippen LogP contribution in [0.2, 0.25) is 0 Å². The molecule has 2 aromatic carbocycles. The molecule has 3 fully saturated rings. The molecule has 0 bridgehead atoms. The smallest absolute Gasteiger partial charge is 0.140 e. The predicted molar refractivity (Wildman–Crippen MR) is 212 cm³/mol. The van der Waals surface area contributed by atoms with Crippen LogP contribution in [0.25, 0.3) is 16.3 Å². The van der Waals surface area contributed by atoms with Gasteiger partial charge in [0, 0.05) is 54.2 Å². The molecule has 288 valence electrons. The van der Waals surface area contributed by atoms with Crippen LogP contribution in [0, 0.1) is 40.4 Å². The lowest BCUT2D eigenvalue weighted by Gasteiger charge is -2.33. The van der Waals surface area contributed by atoms with Crippen molar-refractivity contribution >= 4 is 45.3 Å². The van der Waals surface area contributed by atoms with Gasteiger partial charge in [0.25, 0.3) is 0 Å². The van der Waals surface area contributed by atoms with E-state index in [-0.39, 0.29) is 47.7 Å². The van der Waals surface area contributed by atoms with Gasteiger partial charge in [0.1, 0.15) is 46.5 Å². The molecule has 6 unspecified atom stereocenters. The van der Waals surface area contributed by atoms with Crippen LogP contribution >= 0.6 is 0 Å². The van der Waals surface area contributed by atoms with E-state index in [4.69, 9.17) is 9.47 Å². The van der Waals surface area contributed by atoms with E-state index in [0.29, 0.717) is 55.9 Å². The fraction of sp³-hybridized carbons (Fsp3) is 0.553. The van der Waals surface area contributed by atoms with Crippen molar-refractivity contribution < 1.29 is 33.4 Å². The van der Waals surface area contributed by atoms with Crippen molar-refractivity contribution in [1.29, 1.82) is 0 Å². The van der Waals surface area contributed by atoms with Crippen LogP contribution in [0.15, 0.2) is 60.7 Å². The van der Waals surface area contributed by atoms with E-state index in [2.05, 4.69) is 24.8 Å². The first kappa shape index (κ1) is 39.6. The third kappa shape index (κ3) is 8.56. The molecule has 6 atom stereocenters. The molecule has 2 aromatic rings. The Labute approximate surface area is 321 Å². The van der Waals surface area contributed by atoms with Gasteiger partial charge in [0.15, 0.2) is 0 Å². The fourth-order valence-corrected chi connectivity index (χ4v) is 9.62. The number of methoxy groups -OCH3 is 1. The summed E-state index contributed by atoms with van der Waals surface area (Å²) in [5.41, 5.74) is 1.80. The van der Waals surface area contributed by atoms with Gasteiger partial charge in [-0.3, -0.25) is 24.0 Å². The van der Waals surface area contributed by atoms with Gasteiger partial charge in [-0.15, -0.1) is 6.58 Å². The molecule has 0 radical (unpaired) electrons. The second-order valence-electron chi connectivity index (χ2n) is 17.9. The van der Waals surface area contributed by atoms with Gasteiger partial charge < -0.3 is 9.47 Å². The minimum absolute atomic E-state index is 0.0139. The van der Waals surface area contributed by atoms with Gasteiger partial charge in [-0.05, 0) is 104 Å². The number of carbonyl (C=O) groups is 5. The van der Waals surface area contributed by atoms with Gasteiger partial charge in [-0.2, -0.15) is 0 Å². The van der Waals surface area contributed by atoms with Gasteiger partial charge in [-0.25, -0.2) is 0 Å². The van der Waals surface area contributed by atoms with Crippen molar-refractivity contribution in [2.24, 2.45) is 40.4 Å². The van der Waals surface area contributed by atoms with Crippen LogP contribution in [-0.4, -0.2) is 42.1 Å². The summed E-state index contributed by atoms with van der Waals surface area (Å²) in [6.07, 6.45) is 13.2. The molecule has 7 heteroatoms. The maximum atomic E-state index is 14.8. The summed E-state index contributed by atoms with van der Waals surface area (Å²) in [7, 11) is 1.63. The first-order valence-corrected chi connectivity index (χ1v) is 20.0. The van der Waals surface area contributed by atoms with Gasteiger partial charge in [-0.1, -0.05) is 70.3 Å². The number of allylic oxidation sites excluding steroid dienone is 5. The summed E-state index contributed by atoms with van der Waals surface area (Å²) in [4.78, 5) is 67.5. The normalized spacial score (nSPS) is 25.9. The summed E-state index contributed by atoms with van der Waals surface area (Å²) in [5.74, 6) is 0.0624. The van der Waals surface area contributed by atoms with E-state index in [1.807, 2.05) is 45.0 Å². The molecule has 4 aliphatic rings. The summed E-state index contributed by atoms with van der Waals surface area (Å²) < 4.78 is 12.4. The van der Waals surface area contributed by atoms with Crippen molar-refractivity contribution in [3.05, 3.63) is 66.3 Å². The molecule has 0 aliphatic heterocycles. The van der Waals surface area contributed by atoms with Gasteiger partial charge in [0.05, 0.1) is 7.11 Å². The van der Waals surface area contributed by atoms with E-state index in [1.54, 1.807) is 27.0 Å². The zero-order valence-electron chi connectivity index (χ0n) is 33.1. The minimum Gasteiger partial charge on any atom is -0.497 e. The van der Waals surface area contributed by atoms with Crippen LogP contribution < -0.4 is 9.47 Å². The number of Topliss-reactive ketones (excluding diaryl/α,β-unsaturated/α-hetero) is 5. The van der Waals surface area contributed by atoms with E-state index in [0.717, 1.165) is 53.2 Å². The maximum Gasteiger partial charge on any atom is 0.140 e. The number of hydrogen-bond donors (Lipinski definition) is 0. The van der Waals surface area contributed by atoms with Crippen LogP contribution in [0.1, 0.15) is 117 Å². The third-order valence-corrected chi connectivity index (χ3v) is 12.9. The SMILES string of the molecule is C=CC1CC1(CC(=O)C1CC(Oc2cc(C3=CCC(CC(C)=O)=C3)cc3cc(OC)ccc23)CC1C(=O)C(CC(=O)CC1CCCC1)C(C)(C)C)C(C)=O. The Morgan fingerprint density at radius 2 is 1.72 bits per heavy atom. The largest absolute Gasteiger partial charge is 0.497 e. The highest BCUT2D eigenvalue weighted by atomic mass is 16.5. The summed E-state index contributed by atoms with van der Waals surface area (Å²) >= 11 is 0. The van der Waals surface area contributed by atoms with Crippen LogP contribution in [0.3, 0.4) is 0 Å². The Bertz CT molecular complexity index is 1900. The lowest BCUT2D eigenvalue weighted by atomic mass is 9.69. The number of ketones is 5. The molecule has 3 saturated carbocycles. The molecule has 0 saturated heterocycles. The van der Waals surface area contributed by atoms with Crippen LogP contribution in [0.5, 0.6) is 11.5 Å². The van der Waals surface area contributed by atoms with Gasteiger partial charge in [0.2, 0.25) is 0 Å². The highest BCUT2D eigenvalue weighted by Gasteiger charge is 2.59. The summed E-state index contributed by atoms with van der Waals surface area (Å²) in [6.45, 7) is 13.1. The molecular formula is C47H58O7. The first-order valence-electron chi connectivity index (χ1n) is 20.0. The topological polar surface area (TPSA) is 104 Å². The molecular weight excluding hydrogens is 677 g/mol. The lowest BCUT2D eigenvalue weighted by molar-refractivity contribution is -0.139. The summed E-state index contributed by atoms with van der Waals surface area (Å²) in [6, 6.07) is 9.95. The van der Waals surface area contributed by atoms with Crippen molar-refractivity contribution in [3.8, 4) is 11.5 Å². The van der Waals surface area contributed by atoms with Crippen molar-refractivity contribution in [3.63, 3.8) is 0 Å². The zero-order chi connectivity index (χ0) is 38.9. The first-order chi connectivity index (χ1) is 25.6. The predicted octanol–water partition coefficient (Wildman–Crippen LogP) is 9.83. The van der Waals surface area contributed by atoms with Crippen LogP contribution in [0.4, 0.5) is 0 Å². The number of fused-ring (bicyclic) bond motifs is 1. The number of rotatable bonds is 17. The van der Waals surface area contributed by atoms with Crippen molar-refractivity contribution in [2.75, 3.05) is 7.11 Å². The van der Waals surface area contributed by atoms with Crippen molar-refractivity contribution in [1.82, 2.24) is 0 Å². The molecule has 0 heterocycles. The summed E-state index contributed by atoms with van der Waals surface area (Å²) in [5, 5.41) is 1.81. The third-order valence-electron chi connectivity index (χ3n) is 12.9. The number of ether oxygens (including phenoxy) is 2. The van der Waals surface area contributed by atoms with E-state index < -0.39 is 34.7 Å². The van der Waals surface area contributed by atoms with E-state index >= 15 is 0 Å². The van der Waals surface area contributed by atoms with E-state index in [1.165, 1.54) is 0 Å². The Balaban J connectivity index is 1.32. The van der Waals surface area contributed by atoms with Crippen molar-refractivity contribution in [2.45, 2.75) is 118 Å². The highest BCUT2D eigenvalue weighted by molar-refractivity contribution is 5.98. The quantitative estimate of drug-likeness (QED) is 0.149. The molecule has 4 aliphatic carbocycles. The monoisotopic (exact) mass is 734 g/mol. The number of hydrogen-bond acceptors (Lipinski definition) is 7. The molecule has 6 rings (SSSR count). The van der Waals surface area contributed by atoms with E-state index in [9.17, 15) is 24.0 Å². The maximum absolute atomic E-state index is 14.8. The Morgan fingerprint density at radius 1 is 1.00 bits per heavy atom. The zero-order valence-corrected chi connectivity index (χ0v) is 33.1. The molecule has 54 heavy (non-hydrogen) atoms. The fourth-order valence-electron chi connectivity index (χ4n) is 9.62. The Hall–Kier alpha value is -4.13. The van der Waals surface area contributed by atoms with Crippen LogP contribution in [-0.2, 0) is 24.0 Å². The standard InChI is InChI=1S/C47H58O7/c1-8-35-26-47(35,29(3)49)27-43(51)40-24-38(25-41(40)45(52)42(46(4,5)6)23-36(50)19-30-11-9-10-12-30)54-44-22-33(32-14-13-31(18-32)17-28(2)48)20-34-21-37(53-7)15-16-39(34)44/h8,14-16,18,20-22,30,35,38,40-42H,1,9-13,17,19,23-27H2,2-7H3. The van der Waals surface area contributed by atoms with Gasteiger partial charge >= 0.3 is 0 Å². The molecule has 0 aromatic heterocycles. The molecule has 0 spiro atoms. The number of benzene rings is 2. The highest BCUT2D eigenvalue weighted by Crippen LogP contribution is 2.58. The Kier molecular flexibility index (Phi) is 11.7. The second kappa shape index (κ2) is 15.9.